The molecule has 1 saturated carbocycles. The van der Waals surface area contributed by atoms with E-state index in [0.717, 1.165) is 24.2 Å². The molecule has 0 bridgehead atoms. The second kappa shape index (κ2) is 6.24. The zero-order chi connectivity index (χ0) is 13.0. The Morgan fingerprint density at radius 1 is 1.33 bits per heavy atom. The molecule has 18 heavy (non-hydrogen) atoms. The number of rotatable bonds is 5. The number of ether oxygens (including phenoxy) is 1. The number of ketones is 1. The van der Waals surface area contributed by atoms with Gasteiger partial charge in [0.1, 0.15) is 11.1 Å². The van der Waals surface area contributed by atoms with Crippen molar-refractivity contribution >= 4 is 17.4 Å². The number of hydrogen-bond donors (Lipinski definition) is 0. The van der Waals surface area contributed by atoms with Crippen molar-refractivity contribution in [3.8, 4) is 5.75 Å². The number of carbonyl (C=O) groups is 1. The molecule has 2 rings (SSSR count). The van der Waals surface area contributed by atoms with E-state index in [2.05, 4.69) is 0 Å². The Bertz CT molecular complexity index is 393. The molecule has 0 saturated heterocycles. The van der Waals surface area contributed by atoms with Crippen molar-refractivity contribution in [2.45, 2.75) is 50.5 Å². The average Bonchev–Trinajstić information content (AvgIpc) is 2.91. The molecular weight excluding hydrogens is 248 g/mol. The Balaban J connectivity index is 1.98. The second-order valence-electron chi connectivity index (χ2n) is 4.78. The van der Waals surface area contributed by atoms with Crippen molar-refractivity contribution in [3.05, 3.63) is 29.8 Å². The van der Waals surface area contributed by atoms with Crippen molar-refractivity contribution in [1.82, 2.24) is 0 Å². The fourth-order valence-corrected chi connectivity index (χ4v) is 2.58. The highest BCUT2D eigenvalue weighted by molar-refractivity contribution is 6.31. The topological polar surface area (TPSA) is 26.3 Å². The predicted molar refractivity (Wildman–Crippen MR) is 73.2 cm³/mol. The third-order valence-corrected chi connectivity index (χ3v) is 3.90. The smallest absolute Gasteiger partial charge is 0.154 e. The summed E-state index contributed by atoms with van der Waals surface area (Å²) in [6.45, 7) is 1.83. The van der Waals surface area contributed by atoms with Crippen LogP contribution in [0.25, 0.3) is 0 Å². The molecule has 1 atom stereocenters. The molecule has 0 spiro atoms. The Kier molecular flexibility index (Phi) is 4.65. The first-order valence-corrected chi connectivity index (χ1v) is 7.07. The molecule has 1 unspecified atom stereocenters. The summed E-state index contributed by atoms with van der Waals surface area (Å²) in [5, 5.41) is -0.532. The SMILES string of the molecule is CCC(=O)C(Cl)c1ccc(OC2CCCC2)cc1. The highest BCUT2D eigenvalue weighted by Crippen LogP contribution is 2.27. The zero-order valence-corrected chi connectivity index (χ0v) is 11.5. The minimum absolute atomic E-state index is 0.0566. The van der Waals surface area contributed by atoms with E-state index in [1.54, 1.807) is 0 Å². The molecule has 0 heterocycles. The summed E-state index contributed by atoms with van der Waals surface area (Å²) in [6.07, 6.45) is 5.64. The van der Waals surface area contributed by atoms with E-state index in [-0.39, 0.29) is 5.78 Å². The van der Waals surface area contributed by atoms with Crippen LogP contribution in [0.5, 0.6) is 5.75 Å². The van der Waals surface area contributed by atoms with Crippen LogP contribution in [0.15, 0.2) is 24.3 Å². The monoisotopic (exact) mass is 266 g/mol. The van der Waals surface area contributed by atoms with E-state index in [4.69, 9.17) is 16.3 Å². The second-order valence-corrected chi connectivity index (χ2v) is 5.21. The summed E-state index contributed by atoms with van der Waals surface area (Å²) in [5.41, 5.74) is 0.849. The Labute approximate surface area is 113 Å². The first kappa shape index (κ1) is 13.4. The summed E-state index contributed by atoms with van der Waals surface area (Å²) in [5.74, 6) is 0.930. The van der Waals surface area contributed by atoms with Crippen LogP contribution in [0.1, 0.15) is 50.0 Å². The number of benzene rings is 1. The van der Waals surface area contributed by atoms with Gasteiger partial charge in [-0.3, -0.25) is 4.79 Å². The normalized spacial score (nSPS) is 17.7. The first-order chi connectivity index (χ1) is 8.70. The van der Waals surface area contributed by atoms with E-state index in [1.165, 1.54) is 12.8 Å². The van der Waals surface area contributed by atoms with Crippen LogP contribution < -0.4 is 4.74 Å². The Morgan fingerprint density at radius 2 is 1.94 bits per heavy atom. The molecule has 0 N–H and O–H groups in total. The lowest BCUT2D eigenvalue weighted by atomic mass is 10.1. The first-order valence-electron chi connectivity index (χ1n) is 6.64. The molecule has 0 aliphatic heterocycles. The lowest BCUT2D eigenvalue weighted by Gasteiger charge is -2.14. The predicted octanol–water partition coefficient (Wildman–Crippen LogP) is 4.27. The molecular formula is C15H19ClO2. The third kappa shape index (κ3) is 3.26. The van der Waals surface area contributed by atoms with Crippen molar-refractivity contribution in [2.75, 3.05) is 0 Å². The highest BCUT2D eigenvalue weighted by Gasteiger charge is 2.18. The van der Waals surface area contributed by atoms with Crippen molar-refractivity contribution in [1.29, 1.82) is 0 Å². The standard InChI is InChI=1S/C15H19ClO2/c1-2-14(17)15(16)11-7-9-13(10-8-11)18-12-5-3-4-6-12/h7-10,12,15H,2-6H2,1H3. The van der Waals surface area contributed by atoms with Crippen LogP contribution in [0.4, 0.5) is 0 Å². The largest absolute Gasteiger partial charge is 0.490 e. The van der Waals surface area contributed by atoms with Gasteiger partial charge in [0.05, 0.1) is 6.10 Å². The van der Waals surface area contributed by atoms with Gasteiger partial charge in [0.15, 0.2) is 5.78 Å². The Hall–Kier alpha value is -1.02. The van der Waals surface area contributed by atoms with E-state index in [0.29, 0.717) is 12.5 Å². The van der Waals surface area contributed by atoms with Gasteiger partial charge >= 0.3 is 0 Å². The number of carbonyl (C=O) groups excluding carboxylic acids is 1. The summed E-state index contributed by atoms with van der Waals surface area (Å²) in [6, 6.07) is 7.59. The molecule has 0 aromatic heterocycles. The lowest BCUT2D eigenvalue weighted by molar-refractivity contribution is -0.118. The van der Waals surface area contributed by atoms with Gasteiger partial charge in [0.25, 0.3) is 0 Å². The van der Waals surface area contributed by atoms with Gasteiger partial charge in [0, 0.05) is 6.42 Å². The van der Waals surface area contributed by atoms with Crippen LogP contribution >= 0.6 is 11.6 Å². The lowest BCUT2D eigenvalue weighted by Crippen LogP contribution is -2.11. The molecule has 1 aliphatic carbocycles. The summed E-state index contributed by atoms with van der Waals surface area (Å²) >= 11 is 6.09. The van der Waals surface area contributed by atoms with Crippen LogP contribution in [-0.4, -0.2) is 11.9 Å². The van der Waals surface area contributed by atoms with Gasteiger partial charge in [-0.1, -0.05) is 19.1 Å². The number of hydrogen-bond acceptors (Lipinski definition) is 2. The van der Waals surface area contributed by atoms with Gasteiger partial charge < -0.3 is 4.74 Å². The molecule has 1 aliphatic rings. The minimum Gasteiger partial charge on any atom is -0.490 e. The third-order valence-electron chi connectivity index (χ3n) is 3.41. The van der Waals surface area contributed by atoms with Crippen molar-refractivity contribution < 1.29 is 9.53 Å². The fourth-order valence-electron chi connectivity index (χ4n) is 2.28. The molecule has 1 aromatic rings. The summed E-state index contributed by atoms with van der Waals surface area (Å²) < 4.78 is 5.87. The molecule has 1 fully saturated rings. The van der Waals surface area contributed by atoms with Crippen LogP contribution in [0.3, 0.4) is 0 Å². The van der Waals surface area contributed by atoms with Gasteiger partial charge in [-0.05, 0) is 43.4 Å². The van der Waals surface area contributed by atoms with E-state index < -0.39 is 5.38 Å². The van der Waals surface area contributed by atoms with Gasteiger partial charge in [-0.15, -0.1) is 11.6 Å². The zero-order valence-electron chi connectivity index (χ0n) is 10.7. The van der Waals surface area contributed by atoms with Crippen LogP contribution in [0, 0.1) is 0 Å². The maximum atomic E-state index is 11.5. The highest BCUT2D eigenvalue weighted by atomic mass is 35.5. The summed E-state index contributed by atoms with van der Waals surface area (Å²) in [4.78, 5) is 11.5. The molecule has 2 nitrogen and oxygen atoms in total. The van der Waals surface area contributed by atoms with Gasteiger partial charge in [0.2, 0.25) is 0 Å². The fraction of sp³-hybridized carbons (Fsp3) is 0.533. The van der Waals surface area contributed by atoms with E-state index in [1.807, 2.05) is 31.2 Å². The maximum Gasteiger partial charge on any atom is 0.154 e. The average molecular weight is 267 g/mol. The van der Waals surface area contributed by atoms with Gasteiger partial charge in [-0.2, -0.15) is 0 Å². The van der Waals surface area contributed by atoms with Crippen molar-refractivity contribution in [2.24, 2.45) is 0 Å². The minimum atomic E-state index is -0.532. The van der Waals surface area contributed by atoms with Crippen molar-refractivity contribution in [3.63, 3.8) is 0 Å². The molecule has 1 aromatic carbocycles. The van der Waals surface area contributed by atoms with E-state index >= 15 is 0 Å². The molecule has 0 amide bonds. The quantitative estimate of drug-likeness (QED) is 0.744. The van der Waals surface area contributed by atoms with Crippen LogP contribution in [0.2, 0.25) is 0 Å². The molecule has 3 heteroatoms. The molecule has 0 radical (unpaired) electrons. The number of halogens is 1. The van der Waals surface area contributed by atoms with E-state index in [9.17, 15) is 4.79 Å². The maximum absolute atomic E-state index is 11.5. The van der Waals surface area contributed by atoms with Gasteiger partial charge in [-0.25, -0.2) is 0 Å². The number of alkyl halides is 1. The summed E-state index contributed by atoms with van der Waals surface area (Å²) in [7, 11) is 0. The number of Topliss-reactive ketones (excluding diaryl/α,β-unsaturated/α-hetero) is 1. The Morgan fingerprint density at radius 3 is 2.50 bits per heavy atom. The molecule has 98 valence electrons. The van der Waals surface area contributed by atoms with Crippen LogP contribution in [-0.2, 0) is 4.79 Å².